The van der Waals surface area contributed by atoms with Gasteiger partial charge in [-0.3, -0.25) is 0 Å². The third-order valence-electron chi connectivity index (χ3n) is 0.833. The fourth-order valence-electron chi connectivity index (χ4n) is 0.0913. The Hall–Kier alpha value is 0.490. The first-order valence-corrected chi connectivity index (χ1v) is 2.20. The van der Waals surface area contributed by atoms with Crippen molar-refractivity contribution in [1.82, 2.24) is 0 Å². The molecule has 0 aliphatic heterocycles. The van der Waals surface area contributed by atoms with E-state index < -0.39 is 0 Å². The van der Waals surface area contributed by atoms with Crippen molar-refractivity contribution in [3.05, 3.63) is 0 Å². The van der Waals surface area contributed by atoms with Crippen LogP contribution in [0.3, 0.4) is 0 Å². The molecule has 1 atom stereocenters. The van der Waals surface area contributed by atoms with Crippen LogP contribution in [0.25, 0.3) is 0 Å². The van der Waals surface area contributed by atoms with E-state index in [2.05, 4.69) is 6.07 Å². The summed E-state index contributed by atoms with van der Waals surface area (Å²) in [5.41, 5.74) is 0. The zero-order valence-corrected chi connectivity index (χ0v) is 7.23. The first kappa shape index (κ1) is 10.5. The maximum Gasteiger partial charge on any atom is 1.00 e. The van der Waals surface area contributed by atoms with E-state index in [4.69, 9.17) is 5.26 Å². The van der Waals surface area contributed by atoms with Crippen molar-refractivity contribution < 1.29 is 31.0 Å². The van der Waals surface area contributed by atoms with E-state index >= 15 is 0 Å². The molecule has 0 N–H and O–H groups in total. The molecule has 0 radical (unpaired) electrons. The van der Waals surface area contributed by atoms with E-state index in [9.17, 15) is 0 Å². The normalized spacial score (nSPS) is 11.0. The Morgan fingerprint density at radius 2 is 2.29 bits per heavy atom. The Bertz CT molecular complexity index is 69.3. The van der Waals surface area contributed by atoms with Crippen LogP contribution in [0.4, 0.5) is 0 Å². The van der Waals surface area contributed by atoms with Crippen LogP contribution in [0, 0.1) is 17.2 Å². The van der Waals surface area contributed by atoms with E-state index in [1.807, 2.05) is 13.8 Å². The van der Waals surface area contributed by atoms with Gasteiger partial charge in [-0.25, -0.2) is 0 Å². The van der Waals surface area contributed by atoms with Crippen LogP contribution in [-0.4, -0.2) is 0 Å². The minimum atomic E-state index is 0. The van der Waals surface area contributed by atoms with Gasteiger partial charge in [0.05, 0.1) is 6.07 Å². The number of hydrogen-bond donors (Lipinski definition) is 0. The van der Waals surface area contributed by atoms with Crippen molar-refractivity contribution in [3.8, 4) is 6.07 Å². The van der Waals surface area contributed by atoms with E-state index in [-0.39, 0.29) is 36.9 Å². The standard InChI is InChI=1S/C5H9N.Na.H/c1-3-5(2)4-6;;/h5H,3H2,1-2H3;;/q;+1;-1. The van der Waals surface area contributed by atoms with Gasteiger partial charge >= 0.3 is 29.6 Å². The van der Waals surface area contributed by atoms with Crippen LogP contribution in [-0.2, 0) is 0 Å². The molecule has 0 fully saturated rings. The Labute approximate surface area is 68.5 Å². The fourth-order valence-corrected chi connectivity index (χ4v) is 0.0913. The molecule has 0 spiro atoms. The summed E-state index contributed by atoms with van der Waals surface area (Å²) in [6.45, 7) is 3.92. The Balaban J connectivity index is -0.000000125. The van der Waals surface area contributed by atoms with Gasteiger partial charge in [-0.05, 0) is 13.3 Å². The van der Waals surface area contributed by atoms with E-state index in [0.717, 1.165) is 6.42 Å². The summed E-state index contributed by atoms with van der Waals surface area (Å²) in [5, 5.41) is 8.08. The van der Waals surface area contributed by atoms with Gasteiger partial charge in [0.2, 0.25) is 0 Å². The summed E-state index contributed by atoms with van der Waals surface area (Å²) in [6, 6.07) is 2.11. The molecule has 0 aromatic heterocycles. The second kappa shape index (κ2) is 6.49. The Morgan fingerprint density at radius 3 is 2.29 bits per heavy atom. The van der Waals surface area contributed by atoms with Crippen molar-refractivity contribution >= 4 is 0 Å². The van der Waals surface area contributed by atoms with Crippen LogP contribution in [0.15, 0.2) is 0 Å². The second-order valence-electron chi connectivity index (χ2n) is 1.44. The minimum absolute atomic E-state index is 0. The van der Waals surface area contributed by atoms with Gasteiger partial charge in [0, 0.05) is 5.92 Å². The maximum absolute atomic E-state index is 8.08. The van der Waals surface area contributed by atoms with Gasteiger partial charge in [-0.2, -0.15) is 5.26 Å². The van der Waals surface area contributed by atoms with Gasteiger partial charge in [0.15, 0.2) is 0 Å². The molecule has 0 bridgehead atoms. The molecule has 0 saturated heterocycles. The molecule has 0 saturated carbocycles. The van der Waals surface area contributed by atoms with E-state index in [1.54, 1.807) is 0 Å². The predicted molar refractivity (Wildman–Crippen MR) is 26.2 cm³/mol. The average Bonchev–Trinajstić information content (AvgIpc) is 1.65. The molecule has 1 unspecified atom stereocenters. The first-order valence-electron chi connectivity index (χ1n) is 2.20. The SMILES string of the molecule is CCC(C)C#N.[H-].[Na+]. The molecular formula is C5H10NNa. The van der Waals surface area contributed by atoms with Gasteiger partial charge in [-0.15, -0.1) is 0 Å². The smallest absolute Gasteiger partial charge is 1.00 e. The quantitative estimate of drug-likeness (QED) is 0.381. The largest absolute Gasteiger partial charge is 1.00 e. The molecule has 36 valence electrons. The van der Waals surface area contributed by atoms with Gasteiger partial charge < -0.3 is 1.43 Å². The van der Waals surface area contributed by atoms with Crippen LogP contribution in [0.1, 0.15) is 21.7 Å². The fraction of sp³-hybridized carbons (Fsp3) is 0.800. The molecule has 0 aromatic rings. The number of nitriles is 1. The Morgan fingerprint density at radius 1 is 1.86 bits per heavy atom. The average molecular weight is 107 g/mol. The third kappa shape index (κ3) is 6.49. The molecule has 0 heterocycles. The Kier molecular flexibility index (Phi) is 9.70. The second-order valence-corrected chi connectivity index (χ2v) is 1.44. The summed E-state index contributed by atoms with van der Waals surface area (Å²) in [6.07, 6.45) is 0.969. The minimum Gasteiger partial charge on any atom is -1.00 e. The summed E-state index contributed by atoms with van der Waals surface area (Å²) < 4.78 is 0. The van der Waals surface area contributed by atoms with Crippen molar-refractivity contribution in [2.45, 2.75) is 20.3 Å². The molecule has 0 rings (SSSR count). The maximum atomic E-state index is 8.08. The molecule has 0 amide bonds. The molecule has 1 nitrogen and oxygen atoms in total. The van der Waals surface area contributed by atoms with Gasteiger partial charge in [0.1, 0.15) is 0 Å². The molecule has 7 heavy (non-hydrogen) atoms. The molecule has 0 aliphatic rings. The first-order chi connectivity index (χ1) is 2.81. The molecular weight excluding hydrogens is 97.1 g/mol. The van der Waals surface area contributed by atoms with Crippen LogP contribution < -0.4 is 29.6 Å². The van der Waals surface area contributed by atoms with Gasteiger partial charge in [0.25, 0.3) is 0 Å². The number of rotatable bonds is 1. The van der Waals surface area contributed by atoms with Crippen molar-refractivity contribution in [1.29, 1.82) is 5.26 Å². The van der Waals surface area contributed by atoms with Crippen LogP contribution in [0.2, 0.25) is 0 Å². The van der Waals surface area contributed by atoms with E-state index in [1.165, 1.54) is 0 Å². The summed E-state index contributed by atoms with van der Waals surface area (Å²) in [7, 11) is 0. The number of nitrogens with zero attached hydrogens (tertiary/aromatic N) is 1. The van der Waals surface area contributed by atoms with Crippen LogP contribution in [0.5, 0.6) is 0 Å². The molecule has 2 heteroatoms. The van der Waals surface area contributed by atoms with Gasteiger partial charge in [-0.1, -0.05) is 6.92 Å². The summed E-state index contributed by atoms with van der Waals surface area (Å²) in [4.78, 5) is 0. The number of hydrogen-bond acceptors (Lipinski definition) is 1. The molecule has 0 aromatic carbocycles. The van der Waals surface area contributed by atoms with Crippen LogP contribution >= 0.6 is 0 Å². The van der Waals surface area contributed by atoms with Crippen molar-refractivity contribution in [2.24, 2.45) is 5.92 Å². The summed E-state index contributed by atoms with van der Waals surface area (Å²) in [5.74, 6) is 0.241. The monoisotopic (exact) mass is 107 g/mol. The third-order valence-corrected chi connectivity index (χ3v) is 0.833. The zero-order valence-electron chi connectivity index (χ0n) is 6.23. The van der Waals surface area contributed by atoms with Crippen molar-refractivity contribution in [2.75, 3.05) is 0 Å². The topological polar surface area (TPSA) is 23.8 Å². The summed E-state index contributed by atoms with van der Waals surface area (Å²) >= 11 is 0. The van der Waals surface area contributed by atoms with E-state index in [0.29, 0.717) is 0 Å². The molecule has 0 aliphatic carbocycles. The zero-order chi connectivity index (χ0) is 4.99. The van der Waals surface area contributed by atoms with Crippen molar-refractivity contribution in [3.63, 3.8) is 0 Å². The predicted octanol–water partition coefficient (Wildman–Crippen LogP) is -1.33.